The molecule has 166 valence electrons. The Bertz CT molecular complexity index is 1320. The van der Waals surface area contributed by atoms with Crippen LogP contribution in [0.3, 0.4) is 0 Å². The molecule has 3 amide bonds. The molecule has 0 fully saturated rings. The summed E-state index contributed by atoms with van der Waals surface area (Å²) in [6, 6.07) is 17.0. The van der Waals surface area contributed by atoms with Gasteiger partial charge in [0.05, 0.1) is 5.69 Å². The van der Waals surface area contributed by atoms with Crippen molar-refractivity contribution in [3.63, 3.8) is 0 Å². The summed E-state index contributed by atoms with van der Waals surface area (Å²) in [7, 11) is 0. The maximum absolute atomic E-state index is 13.1. The maximum atomic E-state index is 13.1. The number of halogens is 2. The fraction of sp³-hybridized carbons (Fsp3) is 0.0800. The van der Waals surface area contributed by atoms with E-state index in [1.54, 1.807) is 30.3 Å². The average molecular weight is 464 g/mol. The van der Waals surface area contributed by atoms with E-state index in [0.717, 1.165) is 16.0 Å². The number of amides is 3. The molecule has 0 aromatic heterocycles. The Labute approximate surface area is 194 Å². The van der Waals surface area contributed by atoms with Crippen LogP contribution in [0.5, 0.6) is 0 Å². The third-order valence-corrected chi connectivity index (χ3v) is 5.62. The zero-order valence-electron chi connectivity index (χ0n) is 17.8. The maximum Gasteiger partial charge on any atom is 0.283 e. The van der Waals surface area contributed by atoms with Crippen molar-refractivity contribution in [2.24, 2.45) is 0 Å². The number of anilines is 3. The lowest BCUT2D eigenvalue weighted by molar-refractivity contribution is -0.120. The van der Waals surface area contributed by atoms with Crippen molar-refractivity contribution in [1.29, 1.82) is 0 Å². The molecular formula is C25H19ClFN3O3. The SMILES string of the molecule is Cc1ccc(N2C(=O)C(Cl)=C(Nc3cccc(C(=O)Nc4ccc(F)cc4)c3)C2=O)cc1C. The number of hydrogen-bond acceptors (Lipinski definition) is 4. The molecule has 2 N–H and O–H groups in total. The van der Waals surface area contributed by atoms with Crippen LogP contribution in [0, 0.1) is 19.7 Å². The van der Waals surface area contributed by atoms with Crippen LogP contribution in [0.1, 0.15) is 21.5 Å². The van der Waals surface area contributed by atoms with Crippen LogP contribution in [0.25, 0.3) is 0 Å². The summed E-state index contributed by atoms with van der Waals surface area (Å²) >= 11 is 6.21. The van der Waals surface area contributed by atoms with Crippen molar-refractivity contribution in [2.45, 2.75) is 13.8 Å². The van der Waals surface area contributed by atoms with E-state index in [2.05, 4.69) is 10.6 Å². The summed E-state index contributed by atoms with van der Waals surface area (Å²) in [6.45, 7) is 3.82. The summed E-state index contributed by atoms with van der Waals surface area (Å²) in [5, 5.41) is 5.30. The van der Waals surface area contributed by atoms with E-state index in [-0.39, 0.29) is 10.7 Å². The molecule has 0 unspecified atom stereocenters. The Hall–Kier alpha value is -3.97. The van der Waals surface area contributed by atoms with Gasteiger partial charge >= 0.3 is 0 Å². The van der Waals surface area contributed by atoms with Crippen LogP contribution in [-0.2, 0) is 9.59 Å². The van der Waals surface area contributed by atoms with Gasteiger partial charge < -0.3 is 10.6 Å². The fourth-order valence-electron chi connectivity index (χ4n) is 3.33. The summed E-state index contributed by atoms with van der Waals surface area (Å²) in [5.74, 6) is -2.04. The second kappa shape index (κ2) is 8.88. The predicted octanol–water partition coefficient (Wildman–Crippen LogP) is 5.13. The summed E-state index contributed by atoms with van der Waals surface area (Å²) in [5.41, 5.74) is 3.45. The second-order valence-corrected chi connectivity index (χ2v) is 7.95. The number of rotatable bonds is 5. The first kappa shape index (κ1) is 22.2. The van der Waals surface area contributed by atoms with E-state index in [0.29, 0.717) is 22.6 Å². The largest absolute Gasteiger partial charge is 0.350 e. The molecule has 0 saturated carbocycles. The van der Waals surface area contributed by atoms with Crippen molar-refractivity contribution < 1.29 is 18.8 Å². The molecule has 1 aliphatic heterocycles. The molecule has 1 heterocycles. The fourth-order valence-corrected chi connectivity index (χ4v) is 3.54. The molecule has 0 atom stereocenters. The monoisotopic (exact) mass is 463 g/mol. The summed E-state index contributed by atoms with van der Waals surface area (Å²) < 4.78 is 13.1. The molecule has 0 radical (unpaired) electrons. The number of hydrogen-bond donors (Lipinski definition) is 2. The number of nitrogens with zero attached hydrogens (tertiary/aromatic N) is 1. The average Bonchev–Trinajstić information content (AvgIpc) is 3.00. The van der Waals surface area contributed by atoms with Gasteiger partial charge in [0.15, 0.2) is 0 Å². The topological polar surface area (TPSA) is 78.5 Å². The molecule has 0 aliphatic carbocycles. The van der Waals surface area contributed by atoms with Gasteiger partial charge in [0.2, 0.25) is 0 Å². The molecule has 0 bridgehead atoms. The molecule has 4 rings (SSSR count). The van der Waals surface area contributed by atoms with Gasteiger partial charge in [0.1, 0.15) is 16.5 Å². The lowest BCUT2D eigenvalue weighted by Gasteiger charge is -2.16. The third-order valence-electron chi connectivity index (χ3n) is 5.27. The minimum atomic E-state index is -0.627. The number of carbonyl (C=O) groups is 3. The predicted molar refractivity (Wildman–Crippen MR) is 126 cm³/mol. The summed E-state index contributed by atoms with van der Waals surface area (Å²) in [4.78, 5) is 39.3. The van der Waals surface area contributed by atoms with Gasteiger partial charge in [-0.25, -0.2) is 9.29 Å². The highest BCUT2D eigenvalue weighted by atomic mass is 35.5. The minimum Gasteiger partial charge on any atom is -0.350 e. The normalized spacial score (nSPS) is 13.5. The van der Waals surface area contributed by atoms with Gasteiger partial charge in [-0.1, -0.05) is 23.7 Å². The highest BCUT2D eigenvalue weighted by molar-refractivity contribution is 6.53. The van der Waals surface area contributed by atoms with Gasteiger partial charge in [-0.05, 0) is 79.6 Å². The highest BCUT2D eigenvalue weighted by Gasteiger charge is 2.39. The first-order valence-electron chi connectivity index (χ1n) is 10.0. The van der Waals surface area contributed by atoms with Crippen molar-refractivity contribution in [2.75, 3.05) is 15.5 Å². The first-order valence-corrected chi connectivity index (χ1v) is 10.4. The van der Waals surface area contributed by atoms with Crippen LogP contribution < -0.4 is 15.5 Å². The number of nitrogens with one attached hydrogen (secondary N) is 2. The lowest BCUT2D eigenvalue weighted by Crippen LogP contribution is -2.32. The van der Waals surface area contributed by atoms with E-state index in [4.69, 9.17) is 11.6 Å². The van der Waals surface area contributed by atoms with Crippen LogP contribution in [-0.4, -0.2) is 17.7 Å². The van der Waals surface area contributed by atoms with E-state index >= 15 is 0 Å². The number of carbonyl (C=O) groups excluding carboxylic acids is 3. The van der Waals surface area contributed by atoms with Gasteiger partial charge in [-0.3, -0.25) is 14.4 Å². The molecule has 6 nitrogen and oxygen atoms in total. The van der Waals surface area contributed by atoms with E-state index in [1.165, 1.54) is 30.3 Å². The van der Waals surface area contributed by atoms with Crippen molar-refractivity contribution in [1.82, 2.24) is 0 Å². The number of benzene rings is 3. The standard InChI is InChI=1S/C25H19ClFN3O3/c1-14-6-11-20(12-15(14)2)30-24(32)21(26)22(25(30)33)28-19-5-3-4-16(13-19)23(31)29-18-9-7-17(27)8-10-18/h3-13,28H,1-2H3,(H,29,31). The van der Waals surface area contributed by atoms with Gasteiger partial charge in [-0.2, -0.15) is 0 Å². The highest BCUT2D eigenvalue weighted by Crippen LogP contribution is 2.31. The Morgan fingerprint density at radius 3 is 2.30 bits per heavy atom. The van der Waals surface area contributed by atoms with Gasteiger partial charge in [-0.15, -0.1) is 0 Å². The Balaban J connectivity index is 1.54. The molecule has 33 heavy (non-hydrogen) atoms. The third kappa shape index (κ3) is 4.49. The molecule has 0 saturated heterocycles. The number of aryl methyl sites for hydroxylation is 2. The van der Waals surface area contributed by atoms with Crippen LogP contribution >= 0.6 is 11.6 Å². The molecule has 0 spiro atoms. The van der Waals surface area contributed by atoms with Crippen molar-refractivity contribution in [3.8, 4) is 0 Å². The van der Waals surface area contributed by atoms with E-state index in [1.807, 2.05) is 19.9 Å². The van der Waals surface area contributed by atoms with Gasteiger partial charge in [0.25, 0.3) is 17.7 Å². The lowest BCUT2D eigenvalue weighted by atomic mass is 10.1. The Morgan fingerprint density at radius 2 is 1.61 bits per heavy atom. The van der Waals surface area contributed by atoms with Crippen LogP contribution in [0.4, 0.5) is 21.5 Å². The van der Waals surface area contributed by atoms with Crippen molar-refractivity contribution >= 4 is 46.4 Å². The van der Waals surface area contributed by atoms with Gasteiger partial charge in [0, 0.05) is 16.9 Å². The van der Waals surface area contributed by atoms with Crippen LogP contribution in [0.15, 0.2) is 77.5 Å². The number of imide groups is 1. The molecular weight excluding hydrogens is 445 g/mol. The Morgan fingerprint density at radius 1 is 0.879 bits per heavy atom. The molecule has 1 aliphatic rings. The zero-order valence-corrected chi connectivity index (χ0v) is 18.5. The minimum absolute atomic E-state index is 0.0732. The molecule has 8 heteroatoms. The quantitative estimate of drug-likeness (QED) is 0.514. The van der Waals surface area contributed by atoms with Crippen molar-refractivity contribution in [3.05, 3.63) is 100.0 Å². The summed E-state index contributed by atoms with van der Waals surface area (Å²) in [6.07, 6.45) is 0. The molecule has 3 aromatic carbocycles. The molecule has 3 aromatic rings. The van der Waals surface area contributed by atoms with E-state index < -0.39 is 23.5 Å². The second-order valence-electron chi connectivity index (χ2n) is 7.57. The Kier molecular flexibility index (Phi) is 5.98. The first-order chi connectivity index (χ1) is 15.7. The van der Waals surface area contributed by atoms with Crippen LogP contribution in [0.2, 0.25) is 0 Å². The zero-order chi connectivity index (χ0) is 23.7. The smallest absolute Gasteiger partial charge is 0.283 e. The van der Waals surface area contributed by atoms with E-state index in [9.17, 15) is 18.8 Å².